The van der Waals surface area contributed by atoms with Crippen LogP contribution >= 0.6 is 11.3 Å². The van der Waals surface area contributed by atoms with E-state index in [1.165, 1.54) is 24.0 Å². The number of nitrogens with zero attached hydrogens (tertiary/aromatic N) is 1. The third-order valence-electron chi connectivity index (χ3n) is 2.96. The van der Waals surface area contributed by atoms with E-state index in [0.717, 1.165) is 15.8 Å². The normalized spacial score (nSPS) is 15.3. The molecule has 2 N–H and O–H groups in total. The maximum absolute atomic E-state index is 5.62. The van der Waals surface area contributed by atoms with Crippen LogP contribution in [-0.4, -0.2) is 4.98 Å². The minimum atomic E-state index is 0.587. The highest BCUT2D eigenvalue weighted by Crippen LogP contribution is 2.44. The molecule has 0 bridgehead atoms. The molecule has 1 saturated carbocycles. The Kier molecular flexibility index (Phi) is 2.50. The molecule has 1 aromatic carbocycles. The van der Waals surface area contributed by atoms with Gasteiger partial charge in [-0.1, -0.05) is 24.3 Å². The average molecular weight is 230 g/mol. The topological polar surface area (TPSA) is 38.9 Å². The van der Waals surface area contributed by atoms with Gasteiger partial charge in [-0.05, 0) is 24.3 Å². The zero-order valence-electron chi connectivity index (χ0n) is 9.02. The lowest BCUT2D eigenvalue weighted by Crippen LogP contribution is -1.91. The molecule has 3 heteroatoms. The molecule has 3 rings (SSSR count). The van der Waals surface area contributed by atoms with E-state index < -0.39 is 0 Å². The fraction of sp³-hybridized carbons (Fsp3) is 0.308. The van der Waals surface area contributed by atoms with Gasteiger partial charge in [0.1, 0.15) is 5.01 Å². The van der Waals surface area contributed by atoms with Gasteiger partial charge in [-0.25, -0.2) is 4.98 Å². The average Bonchev–Trinajstić information content (AvgIpc) is 3.07. The molecule has 1 heterocycles. The molecule has 16 heavy (non-hydrogen) atoms. The summed E-state index contributed by atoms with van der Waals surface area (Å²) in [4.78, 5) is 5.62. The van der Waals surface area contributed by atoms with E-state index in [1.807, 2.05) is 6.20 Å². The summed E-state index contributed by atoms with van der Waals surface area (Å²) in [6.45, 7) is 0.587. The smallest absolute Gasteiger partial charge is 0.123 e. The van der Waals surface area contributed by atoms with E-state index in [4.69, 9.17) is 5.73 Å². The Balaban J connectivity index is 2.04. The number of nitrogens with two attached hydrogens (primary N) is 1. The molecule has 1 aliphatic carbocycles. The number of rotatable bonds is 3. The molecule has 0 saturated heterocycles. The van der Waals surface area contributed by atoms with Gasteiger partial charge in [0, 0.05) is 23.2 Å². The van der Waals surface area contributed by atoms with Gasteiger partial charge in [0.05, 0.1) is 0 Å². The lowest BCUT2D eigenvalue weighted by Gasteiger charge is -2.04. The highest BCUT2D eigenvalue weighted by molar-refractivity contribution is 7.15. The van der Waals surface area contributed by atoms with Crippen molar-refractivity contribution in [1.82, 2.24) is 4.98 Å². The van der Waals surface area contributed by atoms with Gasteiger partial charge in [-0.2, -0.15) is 0 Å². The van der Waals surface area contributed by atoms with Crippen molar-refractivity contribution in [3.8, 4) is 10.6 Å². The van der Waals surface area contributed by atoms with Crippen LogP contribution in [-0.2, 0) is 6.54 Å². The number of hydrogen-bond acceptors (Lipinski definition) is 3. The van der Waals surface area contributed by atoms with Crippen molar-refractivity contribution >= 4 is 11.3 Å². The Morgan fingerprint density at radius 3 is 2.81 bits per heavy atom. The van der Waals surface area contributed by atoms with Gasteiger partial charge in [0.2, 0.25) is 0 Å². The number of aromatic nitrogens is 1. The number of hydrogen-bond donors (Lipinski definition) is 1. The lowest BCUT2D eigenvalue weighted by atomic mass is 10.0. The Morgan fingerprint density at radius 1 is 1.31 bits per heavy atom. The summed E-state index contributed by atoms with van der Waals surface area (Å²) in [5.74, 6) is 0.765. The first-order valence-corrected chi connectivity index (χ1v) is 6.44. The van der Waals surface area contributed by atoms with E-state index in [9.17, 15) is 0 Å². The molecular formula is C13H14N2S. The maximum Gasteiger partial charge on any atom is 0.123 e. The second kappa shape index (κ2) is 4.00. The summed E-state index contributed by atoms with van der Waals surface area (Å²) < 4.78 is 0. The molecular weight excluding hydrogens is 216 g/mol. The predicted molar refractivity (Wildman–Crippen MR) is 67.4 cm³/mol. The van der Waals surface area contributed by atoms with Crippen molar-refractivity contribution < 1.29 is 0 Å². The van der Waals surface area contributed by atoms with Crippen LogP contribution in [0.1, 0.15) is 29.2 Å². The Labute approximate surface area is 99.1 Å². The largest absolute Gasteiger partial charge is 0.326 e. The number of thiazole rings is 1. The van der Waals surface area contributed by atoms with Crippen LogP contribution in [0.4, 0.5) is 0 Å². The Hall–Kier alpha value is -1.19. The molecule has 0 unspecified atom stereocenters. The van der Waals surface area contributed by atoms with Crippen LogP contribution in [0.15, 0.2) is 30.5 Å². The first-order chi connectivity index (χ1) is 7.88. The van der Waals surface area contributed by atoms with Crippen molar-refractivity contribution in [3.05, 3.63) is 40.9 Å². The van der Waals surface area contributed by atoms with E-state index >= 15 is 0 Å². The summed E-state index contributed by atoms with van der Waals surface area (Å²) in [7, 11) is 0. The second-order valence-electron chi connectivity index (χ2n) is 4.20. The zero-order chi connectivity index (χ0) is 11.0. The molecule has 1 fully saturated rings. The molecule has 2 aromatic rings. The Bertz CT molecular complexity index is 500. The first-order valence-electron chi connectivity index (χ1n) is 5.62. The highest BCUT2D eigenvalue weighted by Gasteiger charge is 2.26. The van der Waals surface area contributed by atoms with Gasteiger partial charge in [0.25, 0.3) is 0 Å². The summed E-state index contributed by atoms with van der Waals surface area (Å²) >= 11 is 1.71. The van der Waals surface area contributed by atoms with Crippen LogP contribution in [0.25, 0.3) is 10.6 Å². The molecule has 0 radical (unpaired) electrons. The van der Waals surface area contributed by atoms with Crippen LogP contribution in [0.3, 0.4) is 0 Å². The first kappa shape index (κ1) is 10.00. The minimum Gasteiger partial charge on any atom is -0.326 e. The van der Waals surface area contributed by atoms with Gasteiger partial charge in [-0.3, -0.25) is 0 Å². The fourth-order valence-corrected chi connectivity index (χ4v) is 2.81. The van der Waals surface area contributed by atoms with Crippen LogP contribution in [0.2, 0.25) is 0 Å². The molecule has 2 nitrogen and oxygen atoms in total. The molecule has 0 amide bonds. The molecule has 0 aliphatic heterocycles. The molecule has 82 valence electrons. The van der Waals surface area contributed by atoms with E-state index in [1.54, 1.807) is 11.3 Å². The van der Waals surface area contributed by atoms with E-state index in [0.29, 0.717) is 6.54 Å². The second-order valence-corrected chi connectivity index (χ2v) is 5.31. The van der Waals surface area contributed by atoms with Crippen molar-refractivity contribution in [2.45, 2.75) is 25.3 Å². The molecule has 0 atom stereocenters. The lowest BCUT2D eigenvalue weighted by molar-refractivity contribution is 1.09. The summed E-state index contributed by atoms with van der Waals surface area (Å²) in [5.41, 5.74) is 8.38. The van der Waals surface area contributed by atoms with Crippen LogP contribution in [0.5, 0.6) is 0 Å². The SMILES string of the molecule is NCc1cnc(-c2ccccc2C2CC2)s1. The van der Waals surface area contributed by atoms with Crippen LogP contribution < -0.4 is 5.73 Å². The quantitative estimate of drug-likeness (QED) is 0.879. The van der Waals surface area contributed by atoms with Gasteiger partial charge in [0.15, 0.2) is 0 Å². The van der Waals surface area contributed by atoms with Crippen LogP contribution in [0, 0.1) is 0 Å². The third kappa shape index (κ3) is 1.77. The number of benzene rings is 1. The third-order valence-corrected chi connectivity index (χ3v) is 4.02. The van der Waals surface area contributed by atoms with Gasteiger partial charge in [-0.15, -0.1) is 11.3 Å². The van der Waals surface area contributed by atoms with Gasteiger partial charge < -0.3 is 5.73 Å². The minimum absolute atomic E-state index is 0.587. The molecule has 1 aromatic heterocycles. The van der Waals surface area contributed by atoms with E-state index in [-0.39, 0.29) is 0 Å². The van der Waals surface area contributed by atoms with Crippen molar-refractivity contribution in [1.29, 1.82) is 0 Å². The summed E-state index contributed by atoms with van der Waals surface area (Å²) in [6, 6.07) is 8.61. The monoisotopic (exact) mass is 230 g/mol. The fourth-order valence-electron chi connectivity index (χ4n) is 1.97. The zero-order valence-corrected chi connectivity index (χ0v) is 9.83. The standard InChI is InChI=1S/C13H14N2S/c14-7-10-8-15-13(16-10)12-4-2-1-3-11(12)9-5-6-9/h1-4,8-9H,5-7,14H2. The Morgan fingerprint density at radius 2 is 2.12 bits per heavy atom. The summed E-state index contributed by atoms with van der Waals surface area (Å²) in [5, 5.41) is 1.11. The molecule has 0 spiro atoms. The van der Waals surface area contributed by atoms with Crippen molar-refractivity contribution in [2.75, 3.05) is 0 Å². The maximum atomic E-state index is 5.62. The van der Waals surface area contributed by atoms with Crippen molar-refractivity contribution in [3.63, 3.8) is 0 Å². The van der Waals surface area contributed by atoms with E-state index in [2.05, 4.69) is 29.2 Å². The summed E-state index contributed by atoms with van der Waals surface area (Å²) in [6.07, 6.45) is 4.54. The van der Waals surface area contributed by atoms with Crippen molar-refractivity contribution in [2.24, 2.45) is 5.73 Å². The van der Waals surface area contributed by atoms with Gasteiger partial charge >= 0.3 is 0 Å². The predicted octanol–water partition coefficient (Wildman–Crippen LogP) is 3.15. The molecule has 1 aliphatic rings. The highest BCUT2D eigenvalue weighted by atomic mass is 32.1.